The summed E-state index contributed by atoms with van der Waals surface area (Å²) in [5, 5.41) is 0. The van der Waals surface area contributed by atoms with Crippen LogP contribution in [0.4, 0.5) is 13.2 Å². The molecule has 0 radical (unpaired) electrons. The zero-order chi connectivity index (χ0) is 17.6. The number of benzene rings is 1. The minimum absolute atomic E-state index is 0.106. The van der Waals surface area contributed by atoms with Gasteiger partial charge in [0.25, 0.3) is 5.92 Å². The lowest BCUT2D eigenvalue weighted by molar-refractivity contribution is 0.00578. The Morgan fingerprint density at radius 2 is 1.43 bits per heavy atom. The van der Waals surface area contributed by atoms with Gasteiger partial charge in [-0.1, -0.05) is 24.3 Å². The lowest BCUT2D eigenvalue weighted by Crippen LogP contribution is -2.41. The van der Waals surface area contributed by atoms with Crippen molar-refractivity contribution in [3.8, 4) is 0 Å². The molecule has 1 fully saturated rings. The van der Waals surface area contributed by atoms with E-state index in [1.54, 1.807) is 6.92 Å². The first-order chi connectivity index (χ1) is 10.3. The van der Waals surface area contributed by atoms with Crippen LogP contribution in [0, 0.1) is 0 Å². The molecule has 2 rings (SSSR count). The Bertz CT molecular complexity index is 600. The summed E-state index contributed by atoms with van der Waals surface area (Å²) in [5.74, 6) is -2.92. The van der Waals surface area contributed by atoms with Gasteiger partial charge in [0.05, 0.1) is 11.2 Å². The van der Waals surface area contributed by atoms with Crippen molar-refractivity contribution in [2.45, 2.75) is 58.7 Å². The van der Waals surface area contributed by atoms with E-state index in [0.717, 1.165) is 6.92 Å². The molecule has 1 heterocycles. The third-order valence-corrected chi connectivity index (χ3v) is 4.64. The Hall–Kier alpha value is -1.27. The second-order valence-corrected chi connectivity index (χ2v) is 7.03. The van der Waals surface area contributed by atoms with Crippen molar-refractivity contribution in [1.82, 2.24) is 0 Å². The minimum Gasteiger partial charge on any atom is -0.398 e. The Balaban J connectivity index is 2.28. The zero-order valence-electron chi connectivity index (χ0n) is 14.3. The van der Waals surface area contributed by atoms with E-state index in [1.165, 1.54) is 24.3 Å². The summed E-state index contributed by atoms with van der Waals surface area (Å²) in [6, 6.07) is 5.56. The van der Waals surface area contributed by atoms with Gasteiger partial charge in [-0.05, 0) is 45.8 Å². The van der Waals surface area contributed by atoms with E-state index in [-0.39, 0.29) is 5.56 Å². The van der Waals surface area contributed by atoms with E-state index in [0.29, 0.717) is 11.1 Å². The van der Waals surface area contributed by atoms with Gasteiger partial charge < -0.3 is 9.31 Å². The van der Waals surface area contributed by atoms with Crippen LogP contribution in [0.1, 0.15) is 52.7 Å². The third-order valence-electron chi connectivity index (χ3n) is 4.64. The number of allylic oxidation sites excluding steroid dienone is 1. The Kier molecular flexibility index (Phi) is 4.46. The standard InChI is InChI=1S/C17H22BF3O2/c1-11(12-7-9-13(10-8-12)17(6,20)21)14(19)18-22-15(2,3)16(4,5)23-18/h7-10H,1-6H3. The quantitative estimate of drug-likeness (QED) is 0.717. The molecule has 0 aromatic heterocycles. The van der Waals surface area contributed by atoms with E-state index < -0.39 is 30.0 Å². The van der Waals surface area contributed by atoms with E-state index in [1.807, 2.05) is 27.7 Å². The largest absolute Gasteiger partial charge is 0.525 e. The molecule has 1 aliphatic rings. The van der Waals surface area contributed by atoms with E-state index >= 15 is 0 Å². The molecule has 0 bridgehead atoms. The number of hydrogen-bond acceptors (Lipinski definition) is 2. The highest BCUT2D eigenvalue weighted by atomic mass is 19.3. The van der Waals surface area contributed by atoms with E-state index in [2.05, 4.69) is 0 Å². The monoisotopic (exact) mass is 326 g/mol. The van der Waals surface area contributed by atoms with E-state index in [4.69, 9.17) is 9.31 Å². The summed E-state index contributed by atoms with van der Waals surface area (Å²) in [6.07, 6.45) is 0. The van der Waals surface area contributed by atoms with Crippen LogP contribution < -0.4 is 0 Å². The Morgan fingerprint density at radius 1 is 1.00 bits per heavy atom. The molecule has 0 spiro atoms. The first-order valence-electron chi connectivity index (χ1n) is 7.56. The van der Waals surface area contributed by atoms with Crippen LogP contribution in [-0.2, 0) is 15.2 Å². The van der Waals surface area contributed by atoms with Gasteiger partial charge in [-0.25, -0.2) is 13.2 Å². The summed E-state index contributed by atoms with van der Waals surface area (Å²) in [6.45, 7) is 9.78. The molecule has 23 heavy (non-hydrogen) atoms. The molecule has 0 aliphatic carbocycles. The molecule has 0 saturated carbocycles. The molecule has 0 atom stereocenters. The molecule has 1 saturated heterocycles. The maximum Gasteiger partial charge on any atom is 0.525 e. The van der Waals surface area contributed by atoms with Crippen molar-refractivity contribution < 1.29 is 22.5 Å². The average Bonchev–Trinajstić information content (AvgIpc) is 2.65. The normalized spacial score (nSPS) is 21.3. The fourth-order valence-corrected chi connectivity index (χ4v) is 2.27. The lowest BCUT2D eigenvalue weighted by Gasteiger charge is -2.32. The van der Waals surface area contributed by atoms with Gasteiger partial charge in [0, 0.05) is 12.5 Å². The van der Waals surface area contributed by atoms with Crippen LogP contribution in [0.15, 0.2) is 30.0 Å². The van der Waals surface area contributed by atoms with Crippen molar-refractivity contribution in [3.05, 3.63) is 41.1 Å². The molecule has 1 aromatic carbocycles. The van der Waals surface area contributed by atoms with Crippen LogP contribution >= 0.6 is 0 Å². The maximum atomic E-state index is 14.7. The molecule has 6 heteroatoms. The SMILES string of the molecule is CC(=C(F)B1OC(C)(C)C(C)(C)O1)c1ccc(C(C)(F)F)cc1. The summed E-state index contributed by atoms with van der Waals surface area (Å²) >= 11 is 0. The molecule has 0 amide bonds. The Morgan fingerprint density at radius 3 is 1.83 bits per heavy atom. The summed E-state index contributed by atoms with van der Waals surface area (Å²) in [4.78, 5) is 0. The van der Waals surface area contributed by atoms with Crippen LogP contribution in [0.25, 0.3) is 5.57 Å². The molecular formula is C17H22BF3O2. The highest BCUT2D eigenvalue weighted by molar-refractivity contribution is 6.55. The smallest absolute Gasteiger partial charge is 0.398 e. The highest BCUT2D eigenvalue weighted by Crippen LogP contribution is 2.40. The molecule has 0 N–H and O–H groups in total. The van der Waals surface area contributed by atoms with Crippen molar-refractivity contribution in [2.24, 2.45) is 0 Å². The fraction of sp³-hybridized carbons (Fsp3) is 0.529. The lowest BCUT2D eigenvalue weighted by atomic mass is 9.83. The first-order valence-corrected chi connectivity index (χ1v) is 7.56. The molecule has 1 aliphatic heterocycles. The van der Waals surface area contributed by atoms with Crippen LogP contribution in [0.3, 0.4) is 0 Å². The molecule has 1 aromatic rings. The third kappa shape index (κ3) is 3.48. The topological polar surface area (TPSA) is 18.5 Å². The number of hydrogen-bond donors (Lipinski definition) is 0. The highest BCUT2D eigenvalue weighted by Gasteiger charge is 2.53. The second-order valence-electron chi connectivity index (χ2n) is 7.03. The van der Waals surface area contributed by atoms with Gasteiger partial charge >= 0.3 is 7.12 Å². The van der Waals surface area contributed by atoms with Crippen molar-refractivity contribution in [1.29, 1.82) is 0 Å². The van der Waals surface area contributed by atoms with Gasteiger partial charge in [-0.3, -0.25) is 0 Å². The van der Waals surface area contributed by atoms with Crippen LogP contribution in [-0.4, -0.2) is 18.3 Å². The molecular weight excluding hydrogens is 304 g/mol. The van der Waals surface area contributed by atoms with Crippen molar-refractivity contribution >= 4 is 12.7 Å². The summed E-state index contributed by atoms with van der Waals surface area (Å²) in [7, 11) is -1.09. The van der Waals surface area contributed by atoms with E-state index in [9.17, 15) is 13.2 Å². The van der Waals surface area contributed by atoms with Crippen LogP contribution in [0.2, 0.25) is 0 Å². The van der Waals surface area contributed by atoms with Crippen molar-refractivity contribution in [3.63, 3.8) is 0 Å². The fourth-order valence-electron chi connectivity index (χ4n) is 2.27. The minimum atomic E-state index is -2.92. The first kappa shape index (κ1) is 18.1. The predicted octanol–water partition coefficient (Wildman–Crippen LogP) is 5.13. The molecule has 126 valence electrons. The maximum absolute atomic E-state index is 14.7. The average molecular weight is 326 g/mol. The summed E-state index contributed by atoms with van der Waals surface area (Å²) < 4.78 is 52.5. The molecule has 2 nitrogen and oxygen atoms in total. The van der Waals surface area contributed by atoms with Gasteiger partial charge in [0.2, 0.25) is 0 Å². The van der Waals surface area contributed by atoms with Crippen molar-refractivity contribution in [2.75, 3.05) is 0 Å². The second kappa shape index (κ2) is 5.67. The van der Waals surface area contributed by atoms with Gasteiger partial charge in [0.1, 0.15) is 5.73 Å². The van der Waals surface area contributed by atoms with Gasteiger partial charge in [0.15, 0.2) is 0 Å². The number of rotatable bonds is 3. The summed E-state index contributed by atoms with van der Waals surface area (Å²) in [5.41, 5.74) is -1.09. The van der Waals surface area contributed by atoms with Gasteiger partial charge in [-0.2, -0.15) is 0 Å². The predicted molar refractivity (Wildman–Crippen MR) is 85.8 cm³/mol. The molecule has 0 unspecified atom stereocenters. The Labute approximate surface area is 135 Å². The number of alkyl halides is 2. The number of halogens is 3. The van der Waals surface area contributed by atoms with Crippen LogP contribution in [0.5, 0.6) is 0 Å². The van der Waals surface area contributed by atoms with Gasteiger partial charge in [-0.15, -0.1) is 0 Å². The zero-order valence-corrected chi connectivity index (χ0v) is 14.3.